The van der Waals surface area contributed by atoms with Crippen molar-refractivity contribution in [1.29, 1.82) is 0 Å². The molecule has 0 aromatic heterocycles. The van der Waals surface area contributed by atoms with Crippen molar-refractivity contribution in [2.75, 3.05) is 19.6 Å². The van der Waals surface area contributed by atoms with Crippen LogP contribution in [0.1, 0.15) is 24.0 Å². The highest BCUT2D eigenvalue weighted by molar-refractivity contribution is 5.71. The van der Waals surface area contributed by atoms with E-state index in [1.165, 1.54) is 11.1 Å². The number of urea groups is 1. The molecule has 0 saturated heterocycles. The summed E-state index contributed by atoms with van der Waals surface area (Å²) in [6.45, 7) is 4.67. The molecule has 0 spiro atoms. The van der Waals surface area contributed by atoms with Crippen LogP contribution in [0, 0.1) is 6.92 Å². The number of carbonyl (C=O) groups excluding carboxylic acids is 1. The van der Waals surface area contributed by atoms with Crippen LogP contribution in [0.3, 0.4) is 0 Å². The summed E-state index contributed by atoms with van der Waals surface area (Å²) in [6, 6.07) is 8.18. The normalized spacial score (nSPS) is 10.3. The second-order valence-corrected chi connectivity index (χ2v) is 4.49. The summed E-state index contributed by atoms with van der Waals surface area (Å²) < 4.78 is 0. The molecule has 0 unspecified atom stereocenters. The van der Waals surface area contributed by atoms with Gasteiger partial charge in [0.2, 0.25) is 0 Å². The molecule has 0 heterocycles. The average molecular weight is 249 g/mol. The Morgan fingerprint density at radius 3 is 2.72 bits per heavy atom. The molecule has 0 radical (unpaired) electrons. The number of hydrogen-bond donors (Lipinski definition) is 3. The lowest BCUT2D eigenvalue weighted by Gasteiger charge is -2.06. The molecule has 100 valence electrons. The maximum Gasteiger partial charge on any atom is 0.312 e. The van der Waals surface area contributed by atoms with E-state index in [2.05, 4.69) is 41.8 Å². The van der Waals surface area contributed by atoms with Crippen molar-refractivity contribution in [3.63, 3.8) is 0 Å². The van der Waals surface area contributed by atoms with Crippen molar-refractivity contribution in [3.05, 3.63) is 35.4 Å². The van der Waals surface area contributed by atoms with Crippen molar-refractivity contribution < 1.29 is 4.79 Å². The van der Waals surface area contributed by atoms with Crippen LogP contribution in [0.4, 0.5) is 4.79 Å². The van der Waals surface area contributed by atoms with Crippen LogP contribution in [0.15, 0.2) is 24.3 Å². The summed E-state index contributed by atoms with van der Waals surface area (Å²) in [5.74, 6) is 0. The molecular formula is C14H23N3O. The topological polar surface area (TPSA) is 67.2 Å². The van der Waals surface area contributed by atoms with Crippen LogP contribution in [-0.4, -0.2) is 25.7 Å². The van der Waals surface area contributed by atoms with Crippen molar-refractivity contribution >= 4 is 6.03 Å². The molecule has 4 heteroatoms. The lowest BCUT2D eigenvalue weighted by Crippen LogP contribution is -2.31. The third-order valence-corrected chi connectivity index (χ3v) is 2.73. The monoisotopic (exact) mass is 249 g/mol. The van der Waals surface area contributed by atoms with Gasteiger partial charge in [-0.25, -0.2) is 4.79 Å². The minimum Gasteiger partial charge on any atom is -0.352 e. The van der Waals surface area contributed by atoms with E-state index in [1.807, 2.05) is 0 Å². The first kappa shape index (κ1) is 14.5. The zero-order valence-electron chi connectivity index (χ0n) is 11.0. The van der Waals surface area contributed by atoms with Gasteiger partial charge in [-0.15, -0.1) is 0 Å². The van der Waals surface area contributed by atoms with E-state index in [9.17, 15) is 4.79 Å². The highest BCUT2D eigenvalue weighted by atomic mass is 16.2. The van der Waals surface area contributed by atoms with Crippen LogP contribution >= 0.6 is 0 Å². The molecule has 0 aliphatic heterocycles. The molecule has 0 atom stereocenters. The Morgan fingerprint density at radius 1 is 1.22 bits per heavy atom. The maximum atomic E-state index is 10.4. The fourth-order valence-electron chi connectivity index (χ4n) is 1.84. The zero-order chi connectivity index (χ0) is 13.2. The summed E-state index contributed by atoms with van der Waals surface area (Å²) in [6.07, 6.45) is 3.15. The Morgan fingerprint density at radius 2 is 2.00 bits per heavy atom. The van der Waals surface area contributed by atoms with Crippen molar-refractivity contribution in [2.24, 2.45) is 5.73 Å². The Bertz CT molecular complexity index is 366. The van der Waals surface area contributed by atoms with Gasteiger partial charge in [-0.1, -0.05) is 29.8 Å². The van der Waals surface area contributed by atoms with Gasteiger partial charge >= 0.3 is 6.03 Å². The minimum atomic E-state index is -0.450. The van der Waals surface area contributed by atoms with Gasteiger partial charge < -0.3 is 16.4 Å². The van der Waals surface area contributed by atoms with Gasteiger partial charge in [0, 0.05) is 6.54 Å². The van der Waals surface area contributed by atoms with E-state index in [1.54, 1.807) is 0 Å². The summed E-state index contributed by atoms with van der Waals surface area (Å²) in [4.78, 5) is 10.4. The number of amides is 2. The van der Waals surface area contributed by atoms with Gasteiger partial charge in [0.25, 0.3) is 0 Å². The summed E-state index contributed by atoms with van der Waals surface area (Å²) in [5.41, 5.74) is 7.67. The standard InChI is InChI=1S/C14H23N3O/c1-12-5-2-6-13(11-12)7-3-8-16-9-4-10-17-14(15)18/h2,5-6,11,16H,3-4,7-10H2,1H3,(H3,15,17,18). The number of primary amides is 1. The second kappa shape index (κ2) is 8.53. The lowest BCUT2D eigenvalue weighted by atomic mass is 10.1. The molecule has 18 heavy (non-hydrogen) atoms. The van der Waals surface area contributed by atoms with E-state index < -0.39 is 6.03 Å². The molecule has 0 saturated carbocycles. The van der Waals surface area contributed by atoms with Gasteiger partial charge in [-0.3, -0.25) is 0 Å². The third kappa shape index (κ3) is 6.91. The van der Waals surface area contributed by atoms with E-state index in [0.717, 1.165) is 32.4 Å². The first-order valence-corrected chi connectivity index (χ1v) is 6.48. The van der Waals surface area contributed by atoms with Crippen LogP contribution < -0.4 is 16.4 Å². The van der Waals surface area contributed by atoms with Gasteiger partial charge in [-0.2, -0.15) is 0 Å². The van der Waals surface area contributed by atoms with E-state index in [0.29, 0.717) is 6.54 Å². The molecule has 0 fully saturated rings. The zero-order valence-corrected chi connectivity index (χ0v) is 11.0. The molecule has 1 aromatic rings. The molecule has 1 aromatic carbocycles. The molecule has 1 rings (SSSR count). The number of carbonyl (C=O) groups is 1. The Balaban J connectivity index is 1.97. The number of nitrogens with two attached hydrogens (primary N) is 1. The Labute approximate surface area is 109 Å². The largest absolute Gasteiger partial charge is 0.352 e. The average Bonchev–Trinajstić information content (AvgIpc) is 2.32. The molecule has 0 aliphatic carbocycles. The smallest absolute Gasteiger partial charge is 0.312 e. The van der Waals surface area contributed by atoms with Gasteiger partial charge in [0.05, 0.1) is 0 Å². The van der Waals surface area contributed by atoms with Crippen LogP contribution in [0.5, 0.6) is 0 Å². The summed E-state index contributed by atoms with van der Waals surface area (Å²) in [7, 11) is 0. The van der Waals surface area contributed by atoms with Gasteiger partial charge in [0.1, 0.15) is 0 Å². The lowest BCUT2D eigenvalue weighted by molar-refractivity contribution is 0.249. The molecule has 4 N–H and O–H groups in total. The second-order valence-electron chi connectivity index (χ2n) is 4.49. The fraction of sp³-hybridized carbons (Fsp3) is 0.500. The minimum absolute atomic E-state index is 0.450. The predicted molar refractivity (Wildman–Crippen MR) is 74.6 cm³/mol. The number of benzene rings is 1. The maximum absolute atomic E-state index is 10.4. The number of nitrogens with one attached hydrogen (secondary N) is 2. The summed E-state index contributed by atoms with van der Waals surface area (Å²) in [5, 5.41) is 5.92. The predicted octanol–water partition coefficient (Wildman–Crippen LogP) is 1.58. The highest BCUT2D eigenvalue weighted by Gasteiger charge is 1.94. The molecule has 0 aliphatic rings. The molecular weight excluding hydrogens is 226 g/mol. The van der Waals surface area contributed by atoms with E-state index >= 15 is 0 Å². The van der Waals surface area contributed by atoms with E-state index in [-0.39, 0.29) is 0 Å². The number of hydrogen-bond acceptors (Lipinski definition) is 2. The quantitative estimate of drug-likeness (QED) is 0.612. The first-order valence-electron chi connectivity index (χ1n) is 6.48. The first-order chi connectivity index (χ1) is 8.68. The van der Waals surface area contributed by atoms with Crippen molar-refractivity contribution in [2.45, 2.75) is 26.2 Å². The molecule has 0 bridgehead atoms. The Hall–Kier alpha value is -1.55. The highest BCUT2D eigenvalue weighted by Crippen LogP contribution is 2.05. The molecule has 4 nitrogen and oxygen atoms in total. The van der Waals surface area contributed by atoms with Gasteiger partial charge in [0.15, 0.2) is 0 Å². The van der Waals surface area contributed by atoms with E-state index in [4.69, 9.17) is 5.73 Å². The SMILES string of the molecule is Cc1cccc(CCCNCCCNC(N)=O)c1. The van der Waals surface area contributed by atoms with Crippen molar-refractivity contribution in [3.8, 4) is 0 Å². The van der Waals surface area contributed by atoms with Crippen LogP contribution in [0.25, 0.3) is 0 Å². The summed E-state index contributed by atoms with van der Waals surface area (Å²) >= 11 is 0. The fourth-order valence-corrected chi connectivity index (χ4v) is 1.84. The van der Waals surface area contributed by atoms with Crippen LogP contribution in [-0.2, 0) is 6.42 Å². The Kier molecular flexibility index (Phi) is 6.87. The van der Waals surface area contributed by atoms with Crippen molar-refractivity contribution in [1.82, 2.24) is 10.6 Å². The molecule has 2 amide bonds. The third-order valence-electron chi connectivity index (χ3n) is 2.73. The van der Waals surface area contributed by atoms with Gasteiger partial charge in [-0.05, 0) is 44.8 Å². The number of aryl methyl sites for hydroxylation is 2. The number of rotatable bonds is 8. The van der Waals surface area contributed by atoms with Crippen LogP contribution in [0.2, 0.25) is 0 Å².